The van der Waals surface area contributed by atoms with E-state index in [0.717, 1.165) is 81.1 Å². The van der Waals surface area contributed by atoms with Gasteiger partial charge in [0.05, 0.1) is 64.0 Å². The first-order chi connectivity index (χ1) is 40.1. The van der Waals surface area contributed by atoms with Gasteiger partial charge in [0.15, 0.2) is 5.60 Å². The normalized spacial score (nSPS) is 14.4. The van der Waals surface area contributed by atoms with Crippen LogP contribution in [-0.4, -0.2) is 69.5 Å². The zero-order valence-corrected chi connectivity index (χ0v) is 46.2. The third kappa shape index (κ3) is 12.7. The fourth-order valence-electron chi connectivity index (χ4n) is 11.0. The Bertz CT molecular complexity index is 3570. The number of hydrogen-bond donors (Lipinski definition) is 2. The lowest BCUT2D eigenvalue weighted by molar-refractivity contribution is -0.172. The van der Waals surface area contributed by atoms with Crippen LogP contribution in [0.15, 0.2) is 169 Å². The number of unbranched alkanes of at least 4 members (excludes halogenated alkanes) is 1. The van der Waals surface area contributed by atoms with Crippen LogP contribution in [0.1, 0.15) is 105 Å². The lowest BCUT2D eigenvalue weighted by Gasteiger charge is -2.31. The number of pyridine rings is 6. The maximum absolute atomic E-state index is 13.8. The maximum atomic E-state index is 13.8. The number of benzene rings is 3. The molecule has 8 heterocycles. The average Bonchev–Trinajstić information content (AvgIpc) is 2.94. The van der Waals surface area contributed by atoms with Crippen molar-refractivity contribution in [3.05, 3.63) is 242 Å². The van der Waals surface area contributed by atoms with Crippen LogP contribution in [0.2, 0.25) is 0 Å². The average molecular weight is 1100 g/mol. The molecule has 16 heteroatoms. The van der Waals surface area contributed by atoms with Gasteiger partial charge in [-0.25, -0.2) is 14.6 Å². The molecule has 11 rings (SSSR count). The van der Waals surface area contributed by atoms with Crippen molar-refractivity contribution in [1.29, 1.82) is 0 Å². The van der Waals surface area contributed by atoms with E-state index in [1.54, 1.807) is 35.8 Å². The predicted molar refractivity (Wildman–Crippen MR) is 311 cm³/mol. The Morgan fingerprint density at radius 3 is 1.82 bits per heavy atom. The molecule has 1 atom stereocenters. The fourth-order valence-corrected chi connectivity index (χ4v) is 11.0. The van der Waals surface area contributed by atoms with Crippen LogP contribution in [-0.2, 0) is 80.5 Å². The molecule has 0 aliphatic carbocycles. The molecule has 0 spiro atoms. The molecule has 0 radical (unpaired) electrons. The van der Waals surface area contributed by atoms with Crippen molar-refractivity contribution in [2.75, 3.05) is 13.2 Å². The number of nitrogens with zero attached hydrogens (tertiary/aromatic N) is 8. The fraction of sp³-hybridized carbons (Fsp3) is 0.273. The number of rotatable bonds is 24. The summed E-state index contributed by atoms with van der Waals surface area (Å²) < 4.78 is 19.4. The number of aryl methyl sites for hydroxylation is 1. The van der Waals surface area contributed by atoms with Gasteiger partial charge in [-0.15, -0.1) is 0 Å². The van der Waals surface area contributed by atoms with Gasteiger partial charge < -0.3 is 29.2 Å². The van der Waals surface area contributed by atoms with E-state index in [0.29, 0.717) is 87.1 Å². The quantitative estimate of drug-likeness (QED) is 0.0331. The summed E-state index contributed by atoms with van der Waals surface area (Å²) in [7, 11) is 0. The van der Waals surface area contributed by atoms with Crippen LogP contribution in [0.25, 0.3) is 22.3 Å². The Morgan fingerprint density at radius 1 is 0.671 bits per heavy atom. The van der Waals surface area contributed by atoms with Gasteiger partial charge in [0, 0.05) is 87.1 Å². The molecular formula is C66H65N9O7. The topological polar surface area (TPSA) is 187 Å². The number of nitrogens with one attached hydrogen (secondary N) is 1. The predicted octanol–water partition coefficient (Wildman–Crippen LogP) is 9.79. The Labute approximate surface area is 476 Å². The minimum absolute atomic E-state index is 0.0647. The second kappa shape index (κ2) is 25.3. The SMILES string of the molecule is CCc1c2c(nc3ccc(OC(=O)c4ccc(CNCCCCOc5cc(CN(Cc6ccccn6)Cc6ccccn6)cc(CN(Cc6ccccn6)Cc6ccccn6)c5)cc4)cc13)-c1cc3c(c(=O)n1C2)COC(=O)[C@@]3(O)CC. The third-order valence-electron chi connectivity index (χ3n) is 15.2. The summed E-state index contributed by atoms with van der Waals surface area (Å²) in [6.45, 7) is 9.72. The van der Waals surface area contributed by atoms with Crippen LogP contribution in [0.5, 0.6) is 11.5 Å². The lowest BCUT2D eigenvalue weighted by atomic mass is 9.86. The first-order valence-electron chi connectivity index (χ1n) is 28.0. The summed E-state index contributed by atoms with van der Waals surface area (Å²) in [6, 6.07) is 45.2. The molecule has 16 nitrogen and oxygen atoms in total. The highest BCUT2D eigenvalue weighted by Crippen LogP contribution is 2.41. The Hall–Kier alpha value is -8.80. The number of hydrogen-bond acceptors (Lipinski definition) is 15. The first-order valence-corrected chi connectivity index (χ1v) is 28.0. The van der Waals surface area contributed by atoms with Crippen LogP contribution in [0, 0.1) is 0 Å². The van der Waals surface area contributed by atoms with Gasteiger partial charge in [-0.05, 0) is 152 Å². The van der Waals surface area contributed by atoms with Gasteiger partial charge in [-0.3, -0.25) is 34.5 Å². The van der Waals surface area contributed by atoms with Gasteiger partial charge in [0.1, 0.15) is 18.1 Å². The molecule has 2 aliphatic heterocycles. The number of ether oxygens (including phenoxy) is 3. The zero-order chi connectivity index (χ0) is 56.4. The largest absolute Gasteiger partial charge is 0.494 e. The smallest absolute Gasteiger partial charge is 0.343 e. The molecule has 0 saturated heterocycles. The minimum atomic E-state index is -1.91. The number of esters is 2. The molecule has 82 heavy (non-hydrogen) atoms. The van der Waals surface area contributed by atoms with Crippen LogP contribution >= 0.6 is 0 Å². The van der Waals surface area contributed by atoms with E-state index in [1.165, 1.54) is 0 Å². The molecule has 416 valence electrons. The molecule has 0 fully saturated rings. The van der Waals surface area contributed by atoms with Crippen molar-refractivity contribution < 1.29 is 28.9 Å². The van der Waals surface area contributed by atoms with Crippen molar-refractivity contribution in [1.82, 2.24) is 44.6 Å². The summed E-state index contributed by atoms with van der Waals surface area (Å²) in [6.07, 6.45) is 9.79. The Kier molecular flexibility index (Phi) is 17.0. The number of aliphatic hydroxyl groups is 1. The number of carbonyl (C=O) groups is 2. The summed E-state index contributed by atoms with van der Waals surface area (Å²) in [5.41, 5.74) is 9.70. The lowest BCUT2D eigenvalue weighted by Crippen LogP contribution is -2.44. The molecule has 9 aromatic rings. The summed E-state index contributed by atoms with van der Waals surface area (Å²) in [4.78, 5) is 68.3. The Morgan fingerprint density at radius 2 is 1.27 bits per heavy atom. The van der Waals surface area contributed by atoms with Gasteiger partial charge in [-0.1, -0.05) is 56.3 Å². The Balaban J connectivity index is 0.709. The van der Waals surface area contributed by atoms with Crippen molar-refractivity contribution in [2.45, 2.75) is 104 Å². The third-order valence-corrected chi connectivity index (χ3v) is 15.2. The summed E-state index contributed by atoms with van der Waals surface area (Å²) in [5.74, 6) is -0.0386. The molecule has 2 N–H and O–H groups in total. The number of carbonyl (C=O) groups excluding carboxylic acids is 2. The zero-order valence-electron chi connectivity index (χ0n) is 46.2. The van der Waals surface area contributed by atoms with E-state index >= 15 is 0 Å². The van der Waals surface area contributed by atoms with Crippen LogP contribution in [0.3, 0.4) is 0 Å². The van der Waals surface area contributed by atoms with E-state index in [2.05, 4.69) is 77.5 Å². The number of fused-ring (bicyclic) bond motifs is 5. The van der Waals surface area contributed by atoms with Gasteiger partial charge in [-0.2, -0.15) is 0 Å². The molecule has 3 aromatic carbocycles. The molecule has 2 aliphatic rings. The van der Waals surface area contributed by atoms with E-state index in [4.69, 9.17) is 19.2 Å². The van der Waals surface area contributed by atoms with Crippen molar-refractivity contribution >= 4 is 22.8 Å². The second-order valence-corrected chi connectivity index (χ2v) is 20.9. The molecular weight excluding hydrogens is 1030 g/mol. The molecule has 0 saturated carbocycles. The molecule has 0 unspecified atom stereocenters. The van der Waals surface area contributed by atoms with Gasteiger partial charge in [0.25, 0.3) is 5.56 Å². The van der Waals surface area contributed by atoms with Crippen molar-refractivity contribution in [2.24, 2.45) is 0 Å². The van der Waals surface area contributed by atoms with E-state index in [9.17, 15) is 19.5 Å². The van der Waals surface area contributed by atoms with E-state index < -0.39 is 17.5 Å². The molecule has 6 aromatic heterocycles. The van der Waals surface area contributed by atoms with E-state index in [-0.39, 0.29) is 36.3 Å². The second-order valence-electron chi connectivity index (χ2n) is 20.9. The number of aromatic nitrogens is 6. The van der Waals surface area contributed by atoms with Crippen molar-refractivity contribution in [3.63, 3.8) is 0 Å². The maximum Gasteiger partial charge on any atom is 0.343 e. The standard InChI is InChI=1S/C66H65N9O7/c1-3-55-56-34-53(23-24-60(56)72-62-57(55)43-75-61(62)35-59-58(63(75)76)44-81-65(78)66(59,79)4-2)82-64(77)48-21-19-45(20-22-48)36-67-25-13-14-30-80-54-32-46(37-73(39-49-15-5-9-26-68-49)40-50-16-6-10-27-69-50)31-47(33-54)38-74(41-51-17-7-11-28-70-51)42-52-18-8-12-29-71-52/h5-12,15-24,26-29,31-35,67,79H,3-4,13-14,25,30,36-44H2,1-2H3/t66-/m1/s1. The summed E-state index contributed by atoms with van der Waals surface area (Å²) in [5, 5.41) is 15.7. The van der Waals surface area contributed by atoms with Gasteiger partial charge >= 0.3 is 11.9 Å². The number of cyclic esters (lactones) is 1. The van der Waals surface area contributed by atoms with Crippen molar-refractivity contribution in [3.8, 4) is 22.9 Å². The highest BCUT2D eigenvalue weighted by Gasteiger charge is 2.45. The van der Waals surface area contributed by atoms with E-state index in [1.807, 2.05) is 105 Å². The van der Waals surface area contributed by atoms with Crippen LogP contribution in [0.4, 0.5) is 0 Å². The monoisotopic (exact) mass is 1100 g/mol. The molecule has 0 amide bonds. The minimum Gasteiger partial charge on any atom is -0.494 e. The summed E-state index contributed by atoms with van der Waals surface area (Å²) >= 11 is 0. The highest BCUT2D eigenvalue weighted by atomic mass is 16.6. The molecule has 0 bridgehead atoms. The van der Waals surface area contributed by atoms with Gasteiger partial charge in [0.2, 0.25) is 0 Å². The highest BCUT2D eigenvalue weighted by molar-refractivity contribution is 5.93. The first kappa shape index (κ1) is 55.1. The van der Waals surface area contributed by atoms with Crippen LogP contribution < -0.4 is 20.3 Å².